The van der Waals surface area contributed by atoms with Crippen LogP contribution in [-0.4, -0.2) is 24.6 Å². The number of pyridine rings is 1. The Balaban J connectivity index is 0.00000144. The zero-order valence-electron chi connectivity index (χ0n) is 10.6. The molecule has 0 spiro atoms. The number of nitrogens with zero attached hydrogens (tertiary/aromatic N) is 2. The molecule has 1 N–H and O–H groups in total. The normalized spacial score (nSPS) is 14.9. The van der Waals surface area contributed by atoms with Crippen LogP contribution in [0.4, 0.5) is 11.5 Å². The van der Waals surface area contributed by atoms with E-state index >= 15 is 0 Å². The molecule has 2 heterocycles. The second-order valence-corrected chi connectivity index (χ2v) is 4.87. The first-order chi connectivity index (χ1) is 7.75. The molecule has 1 aromatic heterocycles. The van der Waals surface area contributed by atoms with E-state index in [0.717, 1.165) is 12.4 Å². The Morgan fingerprint density at radius 2 is 2.00 bits per heavy atom. The molecular weight excluding hydrogens is 234 g/mol. The van der Waals surface area contributed by atoms with E-state index < -0.39 is 0 Å². The van der Waals surface area contributed by atoms with Crippen LogP contribution in [0.2, 0.25) is 0 Å². The molecule has 0 amide bonds. The highest BCUT2D eigenvalue weighted by Gasteiger charge is 2.12. The number of hydrogen-bond acceptors (Lipinski definition) is 3. The lowest BCUT2D eigenvalue weighted by molar-refractivity contribution is 0.687. The third-order valence-corrected chi connectivity index (χ3v) is 2.91. The van der Waals surface area contributed by atoms with Crippen LogP contribution in [0.25, 0.3) is 0 Å². The Labute approximate surface area is 110 Å². The molecule has 0 bridgehead atoms. The van der Waals surface area contributed by atoms with Gasteiger partial charge in [0.05, 0.1) is 11.9 Å². The van der Waals surface area contributed by atoms with E-state index in [1.165, 1.54) is 31.6 Å². The third-order valence-electron chi connectivity index (χ3n) is 2.91. The highest BCUT2D eigenvalue weighted by molar-refractivity contribution is 5.85. The SMILES string of the molecule is CC(C)CNc1ccc(N2CCCC2)cn1.Cl. The first-order valence-corrected chi connectivity index (χ1v) is 6.20. The van der Waals surface area contributed by atoms with Crippen LogP contribution < -0.4 is 10.2 Å². The summed E-state index contributed by atoms with van der Waals surface area (Å²) in [5, 5.41) is 3.33. The van der Waals surface area contributed by atoms with Gasteiger partial charge in [0.1, 0.15) is 5.82 Å². The van der Waals surface area contributed by atoms with Crippen molar-refractivity contribution in [3.05, 3.63) is 18.3 Å². The summed E-state index contributed by atoms with van der Waals surface area (Å²) in [5.74, 6) is 1.64. The average Bonchev–Trinajstić information content (AvgIpc) is 2.80. The minimum absolute atomic E-state index is 0. The first-order valence-electron chi connectivity index (χ1n) is 6.20. The number of rotatable bonds is 4. The zero-order valence-corrected chi connectivity index (χ0v) is 11.5. The summed E-state index contributed by atoms with van der Waals surface area (Å²) < 4.78 is 0. The molecule has 2 rings (SSSR count). The van der Waals surface area contributed by atoms with Crippen molar-refractivity contribution in [2.75, 3.05) is 29.9 Å². The molecule has 3 nitrogen and oxygen atoms in total. The van der Waals surface area contributed by atoms with Gasteiger partial charge in [-0.1, -0.05) is 13.8 Å². The van der Waals surface area contributed by atoms with Crippen LogP contribution in [0.1, 0.15) is 26.7 Å². The first kappa shape index (κ1) is 14.1. The largest absolute Gasteiger partial charge is 0.370 e. The predicted octanol–water partition coefficient (Wildman–Crippen LogP) is 3.17. The molecule has 0 aliphatic carbocycles. The standard InChI is InChI=1S/C13H21N3.ClH/c1-11(2)9-14-13-6-5-12(10-15-13)16-7-3-4-8-16;/h5-6,10-11H,3-4,7-9H2,1-2H3,(H,14,15);1H. The maximum absolute atomic E-state index is 4.44. The molecular formula is C13H22ClN3. The molecule has 1 aliphatic heterocycles. The highest BCUT2D eigenvalue weighted by Crippen LogP contribution is 2.20. The van der Waals surface area contributed by atoms with Crippen molar-refractivity contribution >= 4 is 23.9 Å². The van der Waals surface area contributed by atoms with Crippen molar-refractivity contribution in [2.24, 2.45) is 5.92 Å². The van der Waals surface area contributed by atoms with Crippen LogP contribution in [0, 0.1) is 5.92 Å². The second-order valence-electron chi connectivity index (χ2n) is 4.87. The fourth-order valence-corrected chi connectivity index (χ4v) is 1.96. The molecule has 1 saturated heterocycles. The van der Waals surface area contributed by atoms with Gasteiger partial charge in [-0.2, -0.15) is 0 Å². The molecule has 4 heteroatoms. The third kappa shape index (κ3) is 4.08. The Hall–Kier alpha value is -0.960. The highest BCUT2D eigenvalue weighted by atomic mass is 35.5. The Kier molecular flexibility index (Phi) is 5.56. The van der Waals surface area contributed by atoms with Gasteiger partial charge in [-0.25, -0.2) is 4.98 Å². The van der Waals surface area contributed by atoms with Gasteiger partial charge >= 0.3 is 0 Å². The lowest BCUT2D eigenvalue weighted by Gasteiger charge is -2.17. The van der Waals surface area contributed by atoms with Crippen molar-refractivity contribution in [1.29, 1.82) is 0 Å². The van der Waals surface area contributed by atoms with Gasteiger partial charge in [-0.15, -0.1) is 12.4 Å². The van der Waals surface area contributed by atoms with Crippen LogP contribution in [0.5, 0.6) is 0 Å². The van der Waals surface area contributed by atoms with Gasteiger partial charge in [0.15, 0.2) is 0 Å². The molecule has 0 aromatic carbocycles. The molecule has 0 atom stereocenters. The monoisotopic (exact) mass is 255 g/mol. The minimum atomic E-state index is 0. The number of aromatic nitrogens is 1. The molecule has 96 valence electrons. The van der Waals surface area contributed by atoms with E-state index in [1.54, 1.807) is 0 Å². The number of anilines is 2. The van der Waals surface area contributed by atoms with Crippen molar-refractivity contribution in [3.63, 3.8) is 0 Å². The molecule has 0 saturated carbocycles. The fraction of sp³-hybridized carbons (Fsp3) is 0.615. The molecule has 0 unspecified atom stereocenters. The lowest BCUT2D eigenvalue weighted by Crippen LogP contribution is -2.17. The van der Waals surface area contributed by atoms with Gasteiger partial charge in [-0.3, -0.25) is 0 Å². The van der Waals surface area contributed by atoms with E-state index in [2.05, 4.69) is 41.2 Å². The summed E-state index contributed by atoms with van der Waals surface area (Å²) in [4.78, 5) is 6.84. The maximum Gasteiger partial charge on any atom is 0.126 e. The number of halogens is 1. The Morgan fingerprint density at radius 1 is 1.29 bits per heavy atom. The van der Waals surface area contributed by atoms with Crippen LogP contribution in [-0.2, 0) is 0 Å². The zero-order chi connectivity index (χ0) is 11.4. The Bertz CT molecular complexity index is 318. The smallest absolute Gasteiger partial charge is 0.126 e. The molecule has 17 heavy (non-hydrogen) atoms. The van der Waals surface area contributed by atoms with E-state index in [0.29, 0.717) is 5.92 Å². The summed E-state index contributed by atoms with van der Waals surface area (Å²) >= 11 is 0. The lowest BCUT2D eigenvalue weighted by atomic mass is 10.2. The van der Waals surface area contributed by atoms with Crippen molar-refractivity contribution in [2.45, 2.75) is 26.7 Å². The number of nitrogens with one attached hydrogen (secondary N) is 1. The van der Waals surface area contributed by atoms with E-state index in [9.17, 15) is 0 Å². The van der Waals surface area contributed by atoms with Gasteiger partial charge in [-0.05, 0) is 30.9 Å². The molecule has 1 aromatic rings. The molecule has 1 aliphatic rings. The Morgan fingerprint density at radius 3 is 2.53 bits per heavy atom. The topological polar surface area (TPSA) is 28.2 Å². The van der Waals surface area contributed by atoms with Crippen molar-refractivity contribution in [3.8, 4) is 0 Å². The van der Waals surface area contributed by atoms with Crippen LogP contribution in [0.15, 0.2) is 18.3 Å². The molecule has 0 radical (unpaired) electrons. The van der Waals surface area contributed by atoms with Crippen LogP contribution in [0.3, 0.4) is 0 Å². The average molecular weight is 256 g/mol. The predicted molar refractivity (Wildman–Crippen MR) is 76.3 cm³/mol. The molecule has 1 fully saturated rings. The summed E-state index contributed by atoms with van der Waals surface area (Å²) in [6.07, 6.45) is 4.61. The van der Waals surface area contributed by atoms with Crippen molar-refractivity contribution in [1.82, 2.24) is 4.98 Å². The summed E-state index contributed by atoms with van der Waals surface area (Å²) in [5.41, 5.74) is 1.26. The summed E-state index contributed by atoms with van der Waals surface area (Å²) in [7, 11) is 0. The summed E-state index contributed by atoms with van der Waals surface area (Å²) in [6, 6.07) is 4.25. The van der Waals surface area contributed by atoms with Gasteiger partial charge in [0.25, 0.3) is 0 Å². The van der Waals surface area contributed by atoms with Crippen molar-refractivity contribution < 1.29 is 0 Å². The van der Waals surface area contributed by atoms with Crippen LogP contribution >= 0.6 is 12.4 Å². The maximum atomic E-state index is 4.44. The van der Waals surface area contributed by atoms with E-state index in [4.69, 9.17) is 0 Å². The van der Waals surface area contributed by atoms with E-state index in [1.807, 2.05) is 6.20 Å². The van der Waals surface area contributed by atoms with Gasteiger partial charge in [0, 0.05) is 19.6 Å². The van der Waals surface area contributed by atoms with E-state index in [-0.39, 0.29) is 12.4 Å². The van der Waals surface area contributed by atoms with Gasteiger partial charge in [0.2, 0.25) is 0 Å². The fourth-order valence-electron chi connectivity index (χ4n) is 1.96. The minimum Gasteiger partial charge on any atom is -0.370 e. The quantitative estimate of drug-likeness (QED) is 0.896. The summed E-state index contributed by atoms with van der Waals surface area (Å²) in [6.45, 7) is 7.74. The van der Waals surface area contributed by atoms with Gasteiger partial charge < -0.3 is 10.2 Å². The number of hydrogen-bond donors (Lipinski definition) is 1. The second kappa shape index (κ2) is 6.70.